The number of nitrogens with zero attached hydrogens (tertiary/aromatic N) is 1. The van der Waals surface area contributed by atoms with Gasteiger partial charge in [0.05, 0.1) is 10.6 Å². The van der Waals surface area contributed by atoms with Gasteiger partial charge in [0, 0.05) is 18.4 Å². The molecule has 0 radical (unpaired) electrons. The second kappa shape index (κ2) is 6.54. The molecular weight excluding hydrogens is 293 g/mol. The summed E-state index contributed by atoms with van der Waals surface area (Å²) in [6, 6.07) is 5.92. The molecule has 0 fully saturated rings. The molecule has 2 rings (SSSR count). The van der Waals surface area contributed by atoms with Crippen molar-refractivity contribution in [2.45, 2.75) is 13.8 Å². The van der Waals surface area contributed by atoms with E-state index >= 15 is 0 Å². The number of rotatable bonds is 4. The number of amides is 1. The first-order valence-electron chi connectivity index (χ1n) is 6.48. The first-order chi connectivity index (χ1) is 10.0. The summed E-state index contributed by atoms with van der Waals surface area (Å²) in [4.78, 5) is 16.2. The molecule has 1 aromatic heterocycles. The molecule has 0 unspecified atom stereocenters. The number of hydrogen-bond donors (Lipinski definition) is 2. The summed E-state index contributed by atoms with van der Waals surface area (Å²) in [5, 5.41) is 6.04. The van der Waals surface area contributed by atoms with Crippen LogP contribution in [0.5, 0.6) is 0 Å². The van der Waals surface area contributed by atoms with Crippen LogP contribution in [0.2, 0.25) is 5.02 Å². The van der Waals surface area contributed by atoms with Crippen molar-refractivity contribution in [2.24, 2.45) is 0 Å². The highest BCUT2D eigenvalue weighted by atomic mass is 35.5. The Labute approximate surface area is 127 Å². The van der Waals surface area contributed by atoms with Gasteiger partial charge in [-0.2, -0.15) is 0 Å². The summed E-state index contributed by atoms with van der Waals surface area (Å²) >= 11 is 6.05. The minimum atomic E-state index is -0.349. The third-order valence-corrected chi connectivity index (χ3v) is 3.15. The van der Waals surface area contributed by atoms with Crippen LogP contribution in [0, 0.1) is 12.7 Å². The van der Waals surface area contributed by atoms with E-state index in [9.17, 15) is 9.18 Å². The van der Waals surface area contributed by atoms with Gasteiger partial charge in [0.2, 0.25) is 0 Å². The van der Waals surface area contributed by atoms with Crippen molar-refractivity contribution in [2.75, 3.05) is 17.2 Å². The topological polar surface area (TPSA) is 54.0 Å². The third-order valence-electron chi connectivity index (χ3n) is 2.86. The largest absolute Gasteiger partial charge is 0.369 e. The maximum absolute atomic E-state index is 13.2. The molecule has 4 nitrogen and oxygen atoms in total. The lowest BCUT2D eigenvalue weighted by Gasteiger charge is -2.09. The molecule has 110 valence electrons. The fourth-order valence-corrected chi connectivity index (χ4v) is 2.02. The normalized spacial score (nSPS) is 10.3. The molecule has 0 saturated heterocycles. The van der Waals surface area contributed by atoms with Crippen LogP contribution < -0.4 is 10.6 Å². The number of hydrogen-bond acceptors (Lipinski definition) is 3. The lowest BCUT2D eigenvalue weighted by Crippen LogP contribution is -2.13. The van der Waals surface area contributed by atoms with E-state index in [2.05, 4.69) is 15.6 Å². The Morgan fingerprint density at radius 2 is 2.14 bits per heavy atom. The van der Waals surface area contributed by atoms with Gasteiger partial charge in [-0.25, -0.2) is 9.37 Å². The summed E-state index contributed by atoms with van der Waals surface area (Å²) in [6.07, 6.45) is 1.44. The molecule has 0 saturated carbocycles. The lowest BCUT2D eigenvalue weighted by atomic mass is 10.2. The minimum Gasteiger partial charge on any atom is -0.369 e. The average molecular weight is 308 g/mol. The molecule has 0 aliphatic heterocycles. The molecule has 0 atom stereocenters. The standard InChI is InChI=1S/C15H15ClFN3O/c1-3-18-14-12(16)7-10(8-19-14)15(21)20-11-4-5-13(17)9(2)6-11/h4-8H,3H2,1-2H3,(H,18,19)(H,20,21). The van der Waals surface area contributed by atoms with Crippen molar-refractivity contribution in [3.05, 3.63) is 52.4 Å². The van der Waals surface area contributed by atoms with E-state index in [1.165, 1.54) is 24.4 Å². The predicted molar refractivity (Wildman–Crippen MR) is 82.5 cm³/mol. The van der Waals surface area contributed by atoms with E-state index in [0.29, 0.717) is 34.2 Å². The summed E-state index contributed by atoms with van der Waals surface area (Å²) in [7, 11) is 0. The van der Waals surface area contributed by atoms with Crippen LogP contribution in [-0.4, -0.2) is 17.4 Å². The number of aryl methyl sites for hydroxylation is 1. The number of aromatic nitrogens is 1. The van der Waals surface area contributed by atoms with Gasteiger partial charge in [-0.05, 0) is 43.7 Å². The zero-order valence-corrected chi connectivity index (χ0v) is 12.5. The molecule has 6 heteroatoms. The molecule has 2 aromatic rings. The zero-order chi connectivity index (χ0) is 15.4. The van der Waals surface area contributed by atoms with E-state index in [-0.39, 0.29) is 11.7 Å². The van der Waals surface area contributed by atoms with Crippen LogP contribution >= 0.6 is 11.6 Å². The Morgan fingerprint density at radius 1 is 1.38 bits per heavy atom. The number of carbonyl (C=O) groups excluding carboxylic acids is 1. The van der Waals surface area contributed by atoms with Crippen molar-refractivity contribution in [1.29, 1.82) is 0 Å². The van der Waals surface area contributed by atoms with Gasteiger partial charge >= 0.3 is 0 Å². The second-order valence-corrected chi connectivity index (χ2v) is 4.91. The first-order valence-corrected chi connectivity index (χ1v) is 6.86. The number of anilines is 2. The Bertz CT molecular complexity index is 676. The molecule has 2 N–H and O–H groups in total. The monoisotopic (exact) mass is 307 g/mol. The van der Waals surface area contributed by atoms with Crippen LogP contribution in [0.4, 0.5) is 15.9 Å². The molecule has 1 heterocycles. The smallest absolute Gasteiger partial charge is 0.257 e. The minimum absolute atomic E-state index is 0.312. The van der Waals surface area contributed by atoms with E-state index < -0.39 is 0 Å². The van der Waals surface area contributed by atoms with E-state index in [1.807, 2.05) is 6.92 Å². The average Bonchev–Trinajstić information content (AvgIpc) is 2.45. The van der Waals surface area contributed by atoms with E-state index in [4.69, 9.17) is 11.6 Å². The Morgan fingerprint density at radius 3 is 2.76 bits per heavy atom. The number of carbonyl (C=O) groups is 1. The molecule has 0 bridgehead atoms. The maximum atomic E-state index is 13.2. The number of nitrogens with one attached hydrogen (secondary N) is 2. The van der Waals surface area contributed by atoms with Gasteiger partial charge in [-0.3, -0.25) is 4.79 Å². The van der Waals surface area contributed by atoms with Gasteiger partial charge in [-0.15, -0.1) is 0 Å². The zero-order valence-electron chi connectivity index (χ0n) is 11.7. The summed E-state index contributed by atoms with van der Waals surface area (Å²) < 4.78 is 13.2. The van der Waals surface area contributed by atoms with Gasteiger partial charge in [0.25, 0.3) is 5.91 Å². The third kappa shape index (κ3) is 3.70. The van der Waals surface area contributed by atoms with E-state index in [0.717, 1.165) is 0 Å². The van der Waals surface area contributed by atoms with Gasteiger partial charge in [0.15, 0.2) is 0 Å². The van der Waals surface area contributed by atoms with Crippen LogP contribution in [0.3, 0.4) is 0 Å². The molecule has 0 spiro atoms. The fraction of sp³-hybridized carbons (Fsp3) is 0.200. The fourth-order valence-electron chi connectivity index (χ4n) is 1.79. The van der Waals surface area contributed by atoms with Crippen molar-refractivity contribution >= 4 is 29.0 Å². The number of halogens is 2. The quantitative estimate of drug-likeness (QED) is 0.901. The highest BCUT2D eigenvalue weighted by Gasteiger charge is 2.10. The number of pyridine rings is 1. The predicted octanol–water partition coefficient (Wildman–Crippen LogP) is 3.87. The molecular formula is C15H15ClFN3O. The molecule has 1 aromatic carbocycles. The maximum Gasteiger partial charge on any atom is 0.257 e. The van der Waals surface area contributed by atoms with Gasteiger partial charge in [0.1, 0.15) is 11.6 Å². The highest BCUT2D eigenvalue weighted by molar-refractivity contribution is 6.33. The Kier molecular flexibility index (Phi) is 4.75. The van der Waals surface area contributed by atoms with Crippen molar-refractivity contribution in [3.8, 4) is 0 Å². The molecule has 1 amide bonds. The SMILES string of the molecule is CCNc1ncc(C(=O)Nc2ccc(F)c(C)c2)cc1Cl. The lowest BCUT2D eigenvalue weighted by molar-refractivity contribution is 0.102. The Balaban J connectivity index is 2.16. The van der Waals surface area contributed by atoms with Crippen molar-refractivity contribution < 1.29 is 9.18 Å². The molecule has 0 aliphatic carbocycles. The van der Waals surface area contributed by atoms with Crippen molar-refractivity contribution in [1.82, 2.24) is 4.98 Å². The van der Waals surface area contributed by atoms with Crippen molar-refractivity contribution in [3.63, 3.8) is 0 Å². The molecule has 0 aliphatic rings. The highest BCUT2D eigenvalue weighted by Crippen LogP contribution is 2.21. The van der Waals surface area contributed by atoms with Crippen LogP contribution in [0.1, 0.15) is 22.8 Å². The summed E-state index contributed by atoms with van der Waals surface area (Å²) in [5.74, 6) is -0.125. The summed E-state index contributed by atoms with van der Waals surface area (Å²) in [6.45, 7) is 4.25. The Hall–Kier alpha value is -2.14. The van der Waals surface area contributed by atoms with Gasteiger partial charge in [-0.1, -0.05) is 11.6 Å². The number of benzene rings is 1. The second-order valence-electron chi connectivity index (χ2n) is 4.50. The molecule has 21 heavy (non-hydrogen) atoms. The summed E-state index contributed by atoms with van der Waals surface area (Å²) in [5.41, 5.74) is 1.32. The van der Waals surface area contributed by atoms with E-state index in [1.54, 1.807) is 13.0 Å². The van der Waals surface area contributed by atoms with Gasteiger partial charge < -0.3 is 10.6 Å². The van der Waals surface area contributed by atoms with Crippen LogP contribution in [0.15, 0.2) is 30.5 Å². The van der Waals surface area contributed by atoms with Crippen LogP contribution in [0.25, 0.3) is 0 Å². The van der Waals surface area contributed by atoms with Crippen LogP contribution in [-0.2, 0) is 0 Å². The first kappa shape index (κ1) is 15.3.